The molecule has 1 aromatic carbocycles. The van der Waals surface area contributed by atoms with Crippen LogP contribution in [0.1, 0.15) is 10.4 Å². The van der Waals surface area contributed by atoms with Crippen molar-refractivity contribution in [2.45, 2.75) is 0 Å². The number of anilines is 2. The maximum atomic E-state index is 12.1. The molecule has 0 aliphatic heterocycles. The predicted molar refractivity (Wildman–Crippen MR) is 90.0 cm³/mol. The smallest absolute Gasteiger partial charge is 0.258 e. The van der Waals surface area contributed by atoms with Crippen molar-refractivity contribution in [1.29, 1.82) is 0 Å². The number of benzene rings is 1. The van der Waals surface area contributed by atoms with E-state index >= 15 is 0 Å². The zero-order valence-electron chi connectivity index (χ0n) is 13.5. The van der Waals surface area contributed by atoms with Gasteiger partial charge in [0.05, 0.1) is 12.7 Å². The topological polar surface area (TPSA) is 79.4 Å². The highest BCUT2D eigenvalue weighted by atomic mass is 16.5. The number of methoxy groups -OCH3 is 1. The second-order valence-electron chi connectivity index (χ2n) is 5.21. The first-order valence-corrected chi connectivity index (χ1v) is 7.24. The van der Waals surface area contributed by atoms with E-state index in [9.17, 15) is 4.79 Å². The minimum Gasteiger partial charge on any atom is -0.497 e. The Labute approximate surface area is 135 Å². The minimum absolute atomic E-state index is 0.255. The molecule has 0 bridgehead atoms. The second-order valence-corrected chi connectivity index (χ2v) is 5.21. The molecule has 0 saturated carbocycles. The first-order chi connectivity index (χ1) is 11.1. The van der Waals surface area contributed by atoms with Crippen LogP contribution in [0.15, 0.2) is 36.7 Å². The van der Waals surface area contributed by atoms with Gasteiger partial charge in [0.25, 0.3) is 5.91 Å². The van der Waals surface area contributed by atoms with Gasteiger partial charge < -0.3 is 20.3 Å². The van der Waals surface area contributed by atoms with Gasteiger partial charge in [0.2, 0.25) is 5.95 Å². The van der Waals surface area contributed by atoms with E-state index in [1.165, 1.54) is 12.4 Å². The van der Waals surface area contributed by atoms with Crippen molar-refractivity contribution in [2.75, 3.05) is 44.9 Å². The Morgan fingerprint density at radius 2 is 1.83 bits per heavy atom. The van der Waals surface area contributed by atoms with Gasteiger partial charge >= 0.3 is 0 Å². The highest BCUT2D eigenvalue weighted by molar-refractivity contribution is 6.03. The van der Waals surface area contributed by atoms with E-state index in [-0.39, 0.29) is 5.91 Å². The van der Waals surface area contributed by atoms with E-state index in [1.54, 1.807) is 31.4 Å². The number of likely N-dealkylation sites (N-methyl/N-ethyl adjacent to an activating group) is 1. The van der Waals surface area contributed by atoms with E-state index in [0.717, 1.165) is 18.8 Å². The minimum atomic E-state index is -0.255. The van der Waals surface area contributed by atoms with Crippen LogP contribution in [0.25, 0.3) is 0 Å². The third-order valence-electron chi connectivity index (χ3n) is 3.10. The standard InChI is InChI=1S/C16H21N5O2/c1-21(2)9-8-17-16-18-10-12(11-19-16)15(22)20-13-4-6-14(23-3)7-5-13/h4-7,10-11H,8-9H2,1-3H3,(H,20,22)(H,17,18,19). The quantitative estimate of drug-likeness (QED) is 0.810. The number of carbonyl (C=O) groups excluding carboxylic acids is 1. The van der Waals surface area contributed by atoms with Crippen molar-refractivity contribution >= 4 is 17.5 Å². The van der Waals surface area contributed by atoms with Crippen molar-refractivity contribution in [3.63, 3.8) is 0 Å². The summed E-state index contributed by atoms with van der Waals surface area (Å²) in [5.74, 6) is 0.988. The fraction of sp³-hybridized carbons (Fsp3) is 0.312. The van der Waals surface area contributed by atoms with Crippen molar-refractivity contribution in [2.24, 2.45) is 0 Å². The summed E-state index contributed by atoms with van der Waals surface area (Å²) < 4.78 is 5.08. The second kappa shape index (κ2) is 8.09. The number of carbonyl (C=O) groups is 1. The van der Waals surface area contributed by atoms with Gasteiger partial charge in [0.15, 0.2) is 0 Å². The summed E-state index contributed by atoms with van der Waals surface area (Å²) in [7, 11) is 5.59. The van der Waals surface area contributed by atoms with E-state index in [0.29, 0.717) is 17.2 Å². The van der Waals surface area contributed by atoms with Crippen LogP contribution >= 0.6 is 0 Å². The molecule has 1 heterocycles. The van der Waals surface area contributed by atoms with Gasteiger partial charge in [-0.3, -0.25) is 4.79 Å². The molecule has 7 heteroatoms. The van der Waals surface area contributed by atoms with Crippen molar-refractivity contribution in [3.05, 3.63) is 42.2 Å². The Hall–Kier alpha value is -2.67. The number of rotatable bonds is 7. The Morgan fingerprint density at radius 3 is 2.39 bits per heavy atom. The van der Waals surface area contributed by atoms with Gasteiger partial charge in [0, 0.05) is 31.2 Å². The van der Waals surface area contributed by atoms with Crippen molar-refractivity contribution < 1.29 is 9.53 Å². The molecule has 1 aromatic heterocycles. The molecule has 0 saturated heterocycles. The Kier molecular flexibility index (Phi) is 5.87. The van der Waals surface area contributed by atoms with E-state index in [1.807, 2.05) is 14.1 Å². The molecule has 2 rings (SSSR count). The Balaban J connectivity index is 1.91. The van der Waals surface area contributed by atoms with Crippen LogP contribution in [-0.2, 0) is 0 Å². The summed E-state index contributed by atoms with van der Waals surface area (Å²) in [5, 5.41) is 5.88. The normalized spacial score (nSPS) is 10.4. The van der Waals surface area contributed by atoms with Crippen LogP contribution in [0.3, 0.4) is 0 Å². The number of nitrogens with one attached hydrogen (secondary N) is 2. The SMILES string of the molecule is COc1ccc(NC(=O)c2cnc(NCCN(C)C)nc2)cc1. The Morgan fingerprint density at radius 1 is 1.17 bits per heavy atom. The van der Waals surface area contributed by atoms with E-state index < -0.39 is 0 Å². The van der Waals surface area contributed by atoms with E-state index in [2.05, 4.69) is 25.5 Å². The van der Waals surface area contributed by atoms with Crippen LogP contribution < -0.4 is 15.4 Å². The molecule has 7 nitrogen and oxygen atoms in total. The summed E-state index contributed by atoms with van der Waals surface area (Å²) in [6.45, 7) is 1.62. The summed E-state index contributed by atoms with van der Waals surface area (Å²) in [5.41, 5.74) is 1.09. The van der Waals surface area contributed by atoms with Crippen LogP contribution in [0.2, 0.25) is 0 Å². The lowest BCUT2D eigenvalue weighted by Gasteiger charge is -2.10. The molecule has 0 atom stereocenters. The number of nitrogens with zero attached hydrogens (tertiary/aromatic N) is 3. The average Bonchev–Trinajstić information content (AvgIpc) is 2.56. The van der Waals surface area contributed by atoms with Crippen LogP contribution in [0.4, 0.5) is 11.6 Å². The highest BCUT2D eigenvalue weighted by Crippen LogP contribution is 2.15. The lowest BCUT2D eigenvalue weighted by atomic mass is 10.2. The molecule has 2 aromatic rings. The zero-order chi connectivity index (χ0) is 16.7. The fourth-order valence-corrected chi connectivity index (χ4v) is 1.81. The number of aromatic nitrogens is 2. The molecular weight excluding hydrogens is 294 g/mol. The summed E-state index contributed by atoms with van der Waals surface area (Å²) in [4.78, 5) is 22.5. The van der Waals surface area contributed by atoms with Gasteiger partial charge in [-0.15, -0.1) is 0 Å². The molecule has 0 fully saturated rings. The Bertz CT molecular complexity index is 626. The maximum absolute atomic E-state index is 12.1. The highest BCUT2D eigenvalue weighted by Gasteiger charge is 2.08. The third-order valence-corrected chi connectivity index (χ3v) is 3.10. The van der Waals surface area contributed by atoms with Gasteiger partial charge in [-0.25, -0.2) is 9.97 Å². The summed E-state index contributed by atoms with van der Waals surface area (Å²) in [6.07, 6.45) is 3.01. The number of amides is 1. The third kappa shape index (κ3) is 5.23. The lowest BCUT2D eigenvalue weighted by molar-refractivity contribution is 0.102. The average molecular weight is 315 g/mol. The first-order valence-electron chi connectivity index (χ1n) is 7.24. The molecule has 23 heavy (non-hydrogen) atoms. The van der Waals surface area contributed by atoms with Gasteiger partial charge in [-0.1, -0.05) is 0 Å². The fourth-order valence-electron chi connectivity index (χ4n) is 1.81. The summed E-state index contributed by atoms with van der Waals surface area (Å²) >= 11 is 0. The predicted octanol–water partition coefficient (Wildman–Crippen LogP) is 1.71. The maximum Gasteiger partial charge on any atom is 0.258 e. The van der Waals surface area contributed by atoms with Gasteiger partial charge in [-0.05, 0) is 38.4 Å². The molecule has 2 N–H and O–H groups in total. The molecule has 0 spiro atoms. The van der Waals surface area contributed by atoms with Crippen LogP contribution in [0.5, 0.6) is 5.75 Å². The van der Waals surface area contributed by atoms with Crippen molar-refractivity contribution in [1.82, 2.24) is 14.9 Å². The number of hydrogen-bond donors (Lipinski definition) is 2. The molecule has 1 amide bonds. The first kappa shape index (κ1) is 16.7. The molecule has 0 aliphatic carbocycles. The molecule has 122 valence electrons. The van der Waals surface area contributed by atoms with E-state index in [4.69, 9.17) is 4.74 Å². The van der Waals surface area contributed by atoms with Crippen molar-refractivity contribution in [3.8, 4) is 5.75 Å². The van der Waals surface area contributed by atoms with Crippen LogP contribution in [-0.4, -0.2) is 55.1 Å². The largest absolute Gasteiger partial charge is 0.497 e. The lowest BCUT2D eigenvalue weighted by Crippen LogP contribution is -2.21. The molecule has 0 aliphatic rings. The number of hydrogen-bond acceptors (Lipinski definition) is 6. The van der Waals surface area contributed by atoms with Gasteiger partial charge in [0.1, 0.15) is 5.75 Å². The zero-order valence-corrected chi connectivity index (χ0v) is 13.5. The molecule has 0 radical (unpaired) electrons. The molecular formula is C16H21N5O2. The molecule has 0 unspecified atom stereocenters. The number of ether oxygens (including phenoxy) is 1. The van der Waals surface area contributed by atoms with Gasteiger partial charge in [-0.2, -0.15) is 0 Å². The summed E-state index contributed by atoms with van der Waals surface area (Å²) in [6, 6.07) is 7.11. The van der Waals surface area contributed by atoms with Crippen LogP contribution in [0, 0.1) is 0 Å². The monoisotopic (exact) mass is 315 g/mol.